The molecule has 0 fully saturated rings. The van der Waals surface area contributed by atoms with Crippen molar-refractivity contribution in [1.29, 1.82) is 0 Å². The number of phenolic OH excluding ortho intramolecular Hbond substituents is 1. The Balaban J connectivity index is 0.00000556. The van der Waals surface area contributed by atoms with Crippen LogP contribution in [-0.4, -0.2) is 24.0 Å². The molecule has 0 saturated carbocycles. The number of imidazole rings is 2. The van der Waals surface area contributed by atoms with E-state index in [9.17, 15) is 5.11 Å². The van der Waals surface area contributed by atoms with Gasteiger partial charge in [0.15, 0.2) is 0 Å². The number of rotatable bonds is 6. The second-order valence-electron chi connectivity index (χ2n) is 22.7. The number of furan rings is 2. The van der Waals surface area contributed by atoms with E-state index < -0.39 is 0 Å². The Morgan fingerprint density at radius 2 is 1.16 bits per heavy atom. The third kappa shape index (κ3) is 7.17. The molecule has 370 valence electrons. The van der Waals surface area contributed by atoms with Crippen molar-refractivity contribution in [2.24, 2.45) is 0 Å². The minimum absolute atomic E-state index is 0. The van der Waals surface area contributed by atoms with E-state index >= 15 is 0 Å². The summed E-state index contributed by atoms with van der Waals surface area (Å²) in [4.78, 5) is 11.5. The molecule has 0 saturated heterocycles. The zero-order chi connectivity index (χ0) is 50.4. The first kappa shape index (κ1) is 47.5. The summed E-state index contributed by atoms with van der Waals surface area (Å²) < 4.78 is 17.9. The van der Waals surface area contributed by atoms with Gasteiger partial charge in [-0.25, -0.2) is 4.98 Å². The molecule has 0 aliphatic heterocycles. The van der Waals surface area contributed by atoms with E-state index in [0.29, 0.717) is 17.0 Å². The normalized spacial score (nSPS) is 12.6. The molecule has 74 heavy (non-hydrogen) atoms. The standard InChI is InChI=1S/C66H57N4O3.Pt/c1-36(2)45-30-39(38-20-12-11-13-21-38)31-46(37(3)4)59(45)69-52-26-18-24-42(57(52)68-64(69)50-32-40(65(5,6)7)33-51(61(50)71)66(8,9)10)43-25-19-27-53-58(43)67-63-49-35-56-47(41-22-14-16-28-54(41)72-56)34-48(49)62-60(70(53)63)44-23-15-17-29-55(44)73-62;/h11-34,36-37,71H,1-10H3;/q-1;. The van der Waals surface area contributed by atoms with Crippen LogP contribution in [0, 0.1) is 6.07 Å². The summed E-state index contributed by atoms with van der Waals surface area (Å²) in [5.41, 5.74) is 18.2. The number of para-hydroxylation sites is 4. The van der Waals surface area contributed by atoms with Crippen molar-refractivity contribution in [3.63, 3.8) is 0 Å². The van der Waals surface area contributed by atoms with Crippen molar-refractivity contribution in [1.82, 2.24) is 18.9 Å². The van der Waals surface area contributed by atoms with Crippen molar-refractivity contribution in [2.75, 3.05) is 0 Å². The molecule has 0 aliphatic carbocycles. The van der Waals surface area contributed by atoms with Crippen LogP contribution < -0.4 is 0 Å². The van der Waals surface area contributed by atoms with E-state index in [-0.39, 0.29) is 49.5 Å². The van der Waals surface area contributed by atoms with Crippen LogP contribution in [0.3, 0.4) is 0 Å². The first-order chi connectivity index (χ1) is 35.0. The van der Waals surface area contributed by atoms with E-state index in [1.54, 1.807) is 0 Å². The Morgan fingerprint density at radius 1 is 0.554 bits per heavy atom. The quantitative estimate of drug-likeness (QED) is 0.168. The van der Waals surface area contributed by atoms with Crippen molar-refractivity contribution >= 4 is 82.5 Å². The molecule has 0 bridgehead atoms. The van der Waals surface area contributed by atoms with Crippen molar-refractivity contribution in [3.8, 4) is 45.1 Å². The van der Waals surface area contributed by atoms with E-state index in [1.807, 2.05) is 30.3 Å². The Labute approximate surface area is 444 Å². The summed E-state index contributed by atoms with van der Waals surface area (Å²) >= 11 is 0. The number of aromatic nitrogens is 4. The average molecular weight is 1150 g/mol. The Kier molecular flexibility index (Phi) is 10.9. The minimum Gasteiger partial charge on any atom is -0.507 e. The van der Waals surface area contributed by atoms with Gasteiger partial charge >= 0.3 is 0 Å². The summed E-state index contributed by atoms with van der Waals surface area (Å²) in [7, 11) is 0. The molecule has 8 aromatic carbocycles. The predicted molar refractivity (Wildman–Crippen MR) is 302 cm³/mol. The zero-order valence-corrected chi connectivity index (χ0v) is 45.7. The fourth-order valence-corrected chi connectivity index (χ4v) is 11.4. The average Bonchev–Trinajstić information content (AvgIpc) is 4.15. The van der Waals surface area contributed by atoms with Gasteiger partial charge in [0.2, 0.25) is 0 Å². The van der Waals surface area contributed by atoms with Crippen LogP contribution in [0.2, 0.25) is 0 Å². The molecule has 0 unspecified atom stereocenters. The molecular formula is C66H57N4O3Pt-. The number of phenols is 1. The third-order valence-corrected chi connectivity index (χ3v) is 15.1. The molecule has 0 amide bonds. The fraction of sp³-hybridized carbons (Fsp3) is 0.212. The SMILES string of the molecule is CC(C)c1cc(-c2ccccc2)cc(C(C)C)c1-n1c(-c2cc(C(C)(C)C)cc(C(C)(C)C)c2O)nc2c(-c3cccc4c3nc3c5[c-]c6oc7ccccc7c6cc5c5oc6ccccc6c5n43)cccc21.[Pt]. The molecule has 1 N–H and O–H groups in total. The van der Waals surface area contributed by atoms with E-state index in [0.717, 1.165) is 105 Å². The maximum Gasteiger partial charge on any atom is 0.149 e. The van der Waals surface area contributed by atoms with Crippen LogP contribution in [0.15, 0.2) is 154 Å². The van der Waals surface area contributed by atoms with Gasteiger partial charge < -0.3 is 18.3 Å². The number of hydrogen-bond acceptors (Lipinski definition) is 5. The summed E-state index contributed by atoms with van der Waals surface area (Å²) in [5, 5.41) is 17.5. The summed E-state index contributed by atoms with van der Waals surface area (Å²) in [6.45, 7) is 22.4. The maximum atomic E-state index is 12.8. The van der Waals surface area contributed by atoms with Crippen LogP contribution >= 0.6 is 0 Å². The van der Waals surface area contributed by atoms with Gasteiger partial charge in [0.05, 0.1) is 50.1 Å². The van der Waals surface area contributed by atoms with Gasteiger partial charge in [0.1, 0.15) is 28.3 Å². The first-order valence-electron chi connectivity index (χ1n) is 25.6. The largest absolute Gasteiger partial charge is 0.507 e. The number of hydrogen-bond donors (Lipinski definition) is 1. The molecule has 5 heterocycles. The number of pyridine rings is 1. The summed E-state index contributed by atoms with van der Waals surface area (Å²) in [6.07, 6.45) is 0. The number of fused-ring (bicyclic) bond motifs is 14. The first-order valence-corrected chi connectivity index (χ1v) is 25.6. The number of nitrogens with zero attached hydrogens (tertiary/aromatic N) is 4. The van der Waals surface area contributed by atoms with E-state index in [2.05, 4.69) is 200 Å². The van der Waals surface area contributed by atoms with Gasteiger partial charge in [-0.1, -0.05) is 182 Å². The fourth-order valence-electron chi connectivity index (χ4n) is 11.4. The van der Waals surface area contributed by atoms with E-state index in [4.69, 9.17) is 18.8 Å². The van der Waals surface area contributed by atoms with Crippen molar-refractivity contribution < 1.29 is 35.0 Å². The van der Waals surface area contributed by atoms with Crippen LogP contribution in [0.25, 0.3) is 122 Å². The van der Waals surface area contributed by atoms with E-state index in [1.165, 1.54) is 22.3 Å². The number of aromatic hydroxyl groups is 1. The molecular weight excluding hydrogens is 1090 g/mol. The van der Waals surface area contributed by atoms with Gasteiger partial charge in [-0.15, -0.1) is 6.07 Å². The Morgan fingerprint density at radius 3 is 1.81 bits per heavy atom. The topological polar surface area (TPSA) is 81.6 Å². The number of benzene rings is 8. The van der Waals surface area contributed by atoms with Gasteiger partial charge in [-0.2, -0.15) is 0 Å². The minimum atomic E-state index is -0.353. The maximum absolute atomic E-state index is 12.8. The van der Waals surface area contributed by atoms with Crippen molar-refractivity contribution in [3.05, 3.63) is 174 Å². The van der Waals surface area contributed by atoms with Gasteiger partial charge in [0.25, 0.3) is 0 Å². The molecule has 5 aromatic heterocycles. The second kappa shape index (κ2) is 17.0. The van der Waals surface area contributed by atoms with Crippen LogP contribution in [-0.2, 0) is 31.9 Å². The predicted octanol–water partition coefficient (Wildman–Crippen LogP) is 18.1. The molecule has 13 rings (SSSR count). The summed E-state index contributed by atoms with van der Waals surface area (Å²) in [5.74, 6) is 1.24. The zero-order valence-electron chi connectivity index (χ0n) is 43.4. The molecule has 13 aromatic rings. The Hall–Kier alpha value is -7.47. The van der Waals surface area contributed by atoms with Crippen LogP contribution in [0.1, 0.15) is 103 Å². The Bertz CT molecular complexity index is 4390. The molecule has 8 heteroatoms. The van der Waals surface area contributed by atoms with Crippen LogP contribution in [0.5, 0.6) is 5.75 Å². The molecule has 0 spiro atoms. The second-order valence-corrected chi connectivity index (χ2v) is 22.7. The summed E-state index contributed by atoms with van der Waals surface area (Å²) in [6, 6.07) is 55.0. The third-order valence-electron chi connectivity index (χ3n) is 15.1. The van der Waals surface area contributed by atoms with Gasteiger partial charge in [-0.05, 0) is 104 Å². The molecule has 0 atom stereocenters. The van der Waals surface area contributed by atoms with Crippen molar-refractivity contribution in [2.45, 2.75) is 91.9 Å². The molecule has 0 aliphatic rings. The van der Waals surface area contributed by atoms with Crippen LogP contribution in [0.4, 0.5) is 0 Å². The van der Waals surface area contributed by atoms with Gasteiger partial charge in [-0.3, -0.25) is 9.55 Å². The smallest absolute Gasteiger partial charge is 0.149 e. The van der Waals surface area contributed by atoms with Gasteiger partial charge in [0, 0.05) is 43.1 Å². The molecule has 7 nitrogen and oxygen atoms in total. The monoisotopic (exact) mass is 1150 g/mol. The molecule has 0 radical (unpaired) electrons.